The molecule has 2 atom stereocenters. The molecule has 0 radical (unpaired) electrons. The summed E-state index contributed by atoms with van der Waals surface area (Å²) in [6.07, 6.45) is 7.67. The minimum absolute atomic E-state index is 0.293. The zero-order valence-corrected chi connectivity index (χ0v) is 12.3. The van der Waals surface area contributed by atoms with Gasteiger partial charge in [0.15, 0.2) is 0 Å². The summed E-state index contributed by atoms with van der Waals surface area (Å²) in [4.78, 5) is 5.26. The van der Waals surface area contributed by atoms with Crippen molar-refractivity contribution in [2.75, 3.05) is 0 Å². The summed E-state index contributed by atoms with van der Waals surface area (Å²) in [5, 5.41) is 10.8. The quantitative estimate of drug-likeness (QED) is 0.876. The number of aliphatic hydroxyl groups is 1. The van der Waals surface area contributed by atoms with Crippen LogP contribution in [0.2, 0.25) is 0 Å². The summed E-state index contributed by atoms with van der Waals surface area (Å²) in [6.45, 7) is 6.64. The van der Waals surface area contributed by atoms with Crippen LogP contribution in [0, 0.1) is 6.92 Å². The van der Waals surface area contributed by atoms with Gasteiger partial charge in [-0.3, -0.25) is 0 Å². The molecule has 104 valence electrons. The lowest BCUT2D eigenvalue weighted by Crippen LogP contribution is -2.33. The van der Waals surface area contributed by atoms with Crippen molar-refractivity contribution in [3.63, 3.8) is 0 Å². The number of thioether (sulfide) groups is 1. The molecule has 0 fully saturated rings. The second-order valence-electron chi connectivity index (χ2n) is 5.34. The van der Waals surface area contributed by atoms with Crippen molar-refractivity contribution in [3.05, 3.63) is 60.7 Å². The van der Waals surface area contributed by atoms with Crippen LogP contribution in [-0.2, 0) is 6.54 Å². The lowest BCUT2D eigenvalue weighted by atomic mass is 9.91. The summed E-state index contributed by atoms with van der Waals surface area (Å²) in [6, 6.07) is 6.29. The molecule has 1 aromatic heterocycles. The first-order valence-electron chi connectivity index (χ1n) is 6.69. The number of fused-ring (bicyclic) bond motifs is 1. The van der Waals surface area contributed by atoms with Crippen molar-refractivity contribution in [1.29, 1.82) is 0 Å². The molecule has 0 saturated carbocycles. The minimum Gasteiger partial charge on any atom is -0.387 e. The van der Waals surface area contributed by atoms with Gasteiger partial charge in [-0.25, -0.2) is 4.98 Å². The van der Waals surface area contributed by atoms with Gasteiger partial charge in [-0.1, -0.05) is 23.8 Å². The van der Waals surface area contributed by atoms with Crippen LogP contribution in [0.5, 0.6) is 0 Å². The Labute approximate surface area is 123 Å². The minimum atomic E-state index is -0.484. The lowest BCUT2D eigenvalue weighted by molar-refractivity contribution is 0.123. The monoisotopic (exact) mass is 286 g/mol. The van der Waals surface area contributed by atoms with Gasteiger partial charge >= 0.3 is 0 Å². The van der Waals surface area contributed by atoms with Crippen LogP contribution in [0.4, 0.5) is 0 Å². The molecule has 1 aromatic carbocycles. The fraction of sp³-hybridized carbons (Fsp3) is 0.312. The first kappa shape index (κ1) is 13.5. The van der Waals surface area contributed by atoms with Crippen molar-refractivity contribution in [2.24, 2.45) is 0 Å². The summed E-state index contributed by atoms with van der Waals surface area (Å²) in [5.74, 6) is 0. The van der Waals surface area contributed by atoms with Gasteiger partial charge in [0.05, 0.1) is 17.2 Å². The number of hydrogen-bond acceptors (Lipinski definition) is 3. The highest BCUT2D eigenvalue weighted by molar-refractivity contribution is 8.01. The zero-order chi connectivity index (χ0) is 14.2. The molecule has 0 amide bonds. The SMILES string of the molecule is C=CCC1(Cn2ccnc2)Sc2ccc(C)cc2C1O. The smallest absolute Gasteiger partial charge is 0.0971 e. The fourth-order valence-electron chi connectivity index (χ4n) is 2.80. The maximum absolute atomic E-state index is 10.8. The van der Waals surface area contributed by atoms with Gasteiger partial charge in [0, 0.05) is 23.8 Å². The molecule has 2 unspecified atom stereocenters. The highest BCUT2D eigenvalue weighted by Gasteiger charge is 2.45. The normalized spacial score (nSPS) is 24.6. The lowest BCUT2D eigenvalue weighted by Gasteiger charge is -2.31. The van der Waals surface area contributed by atoms with E-state index in [1.165, 1.54) is 10.5 Å². The van der Waals surface area contributed by atoms with E-state index in [1.807, 2.05) is 16.8 Å². The van der Waals surface area contributed by atoms with Crippen LogP contribution in [0.1, 0.15) is 23.7 Å². The molecule has 1 N–H and O–H groups in total. The van der Waals surface area contributed by atoms with Gasteiger partial charge in [0.2, 0.25) is 0 Å². The maximum atomic E-state index is 10.8. The Hall–Kier alpha value is -1.52. The van der Waals surface area contributed by atoms with Crippen molar-refractivity contribution in [1.82, 2.24) is 9.55 Å². The highest BCUT2D eigenvalue weighted by atomic mass is 32.2. The first-order valence-corrected chi connectivity index (χ1v) is 7.50. The third-order valence-electron chi connectivity index (χ3n) is 3.77. The van der Waals surface area contributed by atoms with Gasteiger partial charge < -0.3 is 9.67 Å². The Morgan fingerprint density at radius 3 is 3.10 bits per heavy atom. The molecule has 0 saturated heterocycles. The number of aliphatic hydroxyl groups excluding tert-OH is 1. The van der Waals surface area contributed by atoms with Crippen LogP contribution in [-0.4, -0.2) is 19.4 Å². The van der Waals surface area contributed by atoms with Crippen molar-refractivity contribution in [3.8, 4) is 0 Å². The first-order chi connectivity index (χ1) is 9.64. The second-order valence-corrected chi connectivity index (χ2v) is 6.80. The van der Waals surface area contributed by atoms with Crippen LogP contribution >= 0.6 is 11.8 Å². The molecule has 3 rings (SSSR count). The van der Waals surface area contributed by atoms with E-state index in [0.29, 0.717) is 0 Å². The zero-order valence-electron chi connectivity index (χ0n) is 11.5. The Bertz CT molecular complexity index is 623. The number of benzene rings is 1. The number of imidazole rings is 1. The number of aromatic nitrogens is 2. The van der Waals surface area contributed by atoms with Crippen molar-refractivity contribution < 1.29 is 5.11 Å². The molecular formula is C16H18N2OS. The average Bonchev–Trinajstić information content (AvgIpc) is 3.00. The Kier molecular flexibility index (Phi) is 3.44. The van der Waals surface area contributed by atoms with Crippen LogP contribution < -0.4 is 0 Å². The predicted octanol–water partition coefficient (Wildman–Crippen LogP) is 3.35. The van der Waals surface area contributed by atoms with Crippen LogP contribution in [0.15, 0.2) is 54.5 Å². The molecule has 1 aliphatic rings. The van der Waals surface area contributed by atoms with E-state index >= 15 is 0 Å². The van der Waals surface area contributed by atoms with E-state index in [9.17, 15) is 5.11 Å². The molecule has 1 aliphatic heterocycles. The van der Waals surface area contributed by atoms with Gasteiger partial charge in [-0.2, -0.15) is 0 Å². The number of allylic oxidation sites excluding steroid dienone is 1. The van der Waals surface area contributed by atoms with E-state index in [-0.39, 0.29) is 4.75 Å². The summed E-state index contributed by atoms with van der Waals surface area (Å²) in [7, 11) is 0. The summed E-state index contributed by atoms with van der Waals surface area (Å²) >= 11 is 1.75. The Morgan fingerprint density at radius 2 is 2.40 bits per heavy atom. The third kappa shape index (κ3) is 2.19. The van der Waals surface area contributed by atoms with Gasteiger partial charge in [-0.05, 0) is 25.0 Å². The van der Waals surface area contributed by atoms with Gasteiger partial charge in [0.1, 0.15) is 0 Å². The summed E-state index contributed by atoms with van der Waals surface area (Å²) in [5.41, 5.74) is 2.22. The molecule has 0 aliphatic carbocycles. The van der Waals surface area contributed by atoms with E-state index in [2.05, 4.69) is 36.7 Å². The topological polar surface area (TPSA) is 38.0 Å². The van der Waals surface area contributed by atoms with E-state index < -0.39 is 6.10 Å². The van der Waals surface area contributed by atoms with E-state index in [0.717, 1.165) is 18.5 Å². The van der Waals surface area contributed by atoms with Gasteiger partial charge in [-0.15, -0.1) is 18.3 Å². The number of aryl methyl sites for hydroxylation is 1. The van der Waals surface area contributed by atoms with Crippen molar-refractivity contribution >= 4 is 11.8 Å². The standard InChI is InChI=1S/C16H18N2OS/c1-3-6-16(10-18-8-7-17-11-18)15(19)13-9-12(2)4-5-14(13)20-16/h3-5,7-9,11,15,19H,1,6,10H2,2H3. The molecule has 2 heterocycles. The molecule has 3 nitrogen and oxygen atoms in total. The van der Waals surface area contributed by atoms with Crippen molar-refractivity contribution in [2.45, 2.75) is 35.6 Å². The number of hydrogen-bond donors (Lipinski definition) is 1. The average molecular weight is 286 g/mol. The fourth-order valence-corrected chi connectivity index (χ4v) is 4.32. The second kappa shape index (κ2) is 5.11. The largest absolute Gasteiger partial charge is 0.387 e. The van der Waals surface area contributed by atoms with E-state index in [4.69, 9.17) is 0 Å². The Balaban J connectivity index is 1.98. The predicted molar refractivity (Wildman–Crippen MR) is 81.8 cm³/mol. The van der Waals surface area contributed by atoms with Crippen LogP contribution in [0.25, 0.3) is 0 Å². The Morgan fingerprint density at radius 1 is 1.55 bits per heavy atom. The molecular weight excluding hydrogens is 268 g/mol. The molecule has 0 bridgehead atoms. The van der Waals surface area contributed by atoms with Gasteiger partial charge in [0.25, 0.3) is 0 Å². The van der Waals surface area contributed by atoms with Crippen LogP contribution in [0.3, 0.4) is 0 Å². The van der Waals surface area contributed by atoms with E-state index in [1.54, 1.807) is 24.3 Å². The maximum Gasteiger partial charge on any atom is 0.0971 e. The third-order valence-corrected chi connectivity index (χ3v) is 5.29. The number of nitrogens with zero attached hydrogens (tertiary/aromatic N) is 2. The number of rotatable bonds is 4. The highest BCUT2D eigenvalue weighted by Crippen LogP contribution is 2.54. The molecule has 2 aromatic rings. The molecule has 0 spiro atoms. The molecule has 4 heteroatoms. The summed E-state index contributed by atoms with van der Waals surface area (Å²) < 4.78 is 1.73. The molecule has 20 heavy (non-hydrogen) atoms.